The number of aliphatic carboxylic acids is 2. The average molecular weight is 415 g/mol. The molecule has 1 atom stereocenters. The molecule has 1 fully saturated rings. The minimum absolute atomic E-state index is 0.0361. The number of nitrogens with zero attached hydrogens (tertiary/aromatic N) is 3. The number of carboxylic acid groups (broad SMARTS) is 2. The molecule has 1 aliphatic heterocycles. The molecule has 2 amide bonds. The maximum atomic E-state index is 12.6. The van der Waals surface area contributed by atoms with Crippen molar-refractivity contribution < 1.29 is 39.1 Å². The van der Waals surface area contributed by atoms with Crippen LogP contribution in [0.5, 0.6) is 0 Å². The Morgan fingerprint density at radius 3 is 2.50 bits per heavy atom. The summed E-state index contributed by atoms with van der Waals surface area (Å²) in [6.45, 7) is 1.60. The summed E-state index contributed by atoms with van der Waals surface area (Å²) in [4.78, 5) is 59.4. The van der Waals surface area contributed by atoms with E-state index < -0.39 is 48.5 Å². The highest BCUT2D eigenvalue weighted by Crippen LogP contribution is 2.32. The number of anilines is 1. The van der Waals surface area contributed by atoms with Gasteiger partial charge in [0.15, 0.2) is 17.5 Å². The van der Waals surface area contributed by atoms with Crippen molar-refractivity contribution in [3.8, 4) is 0 Å². The van der Waals surface area contributed by atoms with Crippen molar-refractivity contribution in [2.45, 2.75) is 25.4 Å². The summed E-state index contributed by atoms with van der Waals surface area (Å²) in [5, 5.41) is 25.6. The van der Waals surface area contributed by atoms with E-state index in [1.54, 1.807) is 13.8 Å². The van der Waals surface area contributed by atoms with Crippen LogP contribution in [0.1, 0.15) is 19.5 Å². The Kier molecular flexibility index (Phi) is 6.15. The van der Waals surface area contributed by atoms with Crippen LogP contribution in [0.2, 0.25) is 0 Å². The number of carboxylic acids is 2. The number of carbonyl (C=O) groups excluding carboxylic acids is 2. The fourth-order valence-electron chi connectivity index (χ4n) is 2.30. The molecule has 152 valence electrons. The molecule has 0 bridgehead atoms. The van der Waals surface area contributed by atoms with Crippen molar-refractivity contribution in [3.05, 3.63) is 11.1 Å². The normalized spacial score (nSPS) is 18.4. The van der Waals surface area contributed by atoms with Gasteiger partial charge in [-0.05, 0) is 13.8 Å². The Bertz CT molecular complexity index is 835. The first-order chi connectivity index (χ1) is 13.0. The summed E-state index contributed by atoms with van der Waals surface area (Å²) < 4.78 is 0. The number of amides is 2. The van der Waals surface area contributed by atoms with Crippen LogP contribution >= 0.6 is 11.3 Å². The molecule has 0 aromatic carbocycles. The van der Waals surface area contributed by atoms with E-state index in [0.717, 1.165) is 16.4 Å². The third-order valence-corrected chi connectivity index (χ3v) is 4.27. The Hall–Kier alpha value is -3.26. The van der Waals surface area contributed by atoms with E-state index in [1.807, 2.05) is 0 Å². The van der Waals surface area contributed by atoms with Gasteiger partial charge < -0.3 is 26.1 Å². The maximum absolute atomic E-state index is 12.6. The first-order valence-electron chi connectivity index (χ1n) is 7.66. The number of thiazole rings is 1. The minimum Gasteiger partial charge on any atom is -0.479 e. The van der Waals surface area contributed by atoms with E-state index in [4.69, 9.17) is 20.8 Å². The highest BCUT2D eigenvalue weighted by Gasteiger charge is 2.56. The molecule has 2 heterocycles. The molecule has 28 heavy (non-hydrogen) atoms. The van der Waals surface area contributed by atoms with E-state index in [0.29, 0.717) is 0 Å². The van der Waals surface area contributed by atoms with Crippen molar-refractivity contribution in [1.29, 1.82) is 0 Å². The fraction of sp³-hybridized carbons (Fsp3) is 0.429. The lowest BCUT2D eigenvalue weighted by molar-refractivity contribution is -0.257. The van der Waals surface area contributed by atoms with Crippen molar-refractivity contribution in [2.75, 3.05) is 18.9 Å². The Morgan fingerprint density at radius 2 is 2.00 bits per heavy atom. The number of hydrogen-bond acceptors (Lipinski definition) is 10. The van der Waals surface area contributed by atoms with Crippen LogP contribution in [-0.4, -0.2) is 74.5 Å². The SMILES string of the molecule is CC1(C)C(NC(=O)/C(=N\OCC(=O)O)c2csc(N)n2)C(=O)N1OCC(=O)O. The van der Waals surface area contributed by atoms with Crippen molar-refractivity contribution in [1.82, 2.24) is 15.4 Å². The van der Waals surface area contributed by atoms with Crippen LogP contribution in [0.25, 0.3) is 0 Å². The molecule has 1 aromatic rings. The zero-order chi connectivity index (χ0) is 21.1. The number of aromatic nitrogens is 1. The van der Waals surface area contributed by atoms with Gasteiger partial charge in [0.1, 0.15) is 11.7 Å². The Balaban J connectivity index is 2.14. The molecular formula is C14H17N5O8S. The lowest BCUT2D eigenvalue weighted by atomic mass is 9.84. The molecule has 1 aliphatic rings. The average Bonchev–Trinajstić information content (AvgIpc) is 3.01. The van der Waals surface area contributed by atoms with Gasteiger partial charge in [-0.2, -0.15) is 0 Å². The number of hydrogen-bond donors (Lipinski definition) is 4. The molecule has 1 aromatic heterocycles. The highest BCUT2D eigenvalue weighted by molar-refractivity contribution is 7.13. The lowest BCUT2D eigenvalue weighted by Gasteiger charge is -2.51. The zero-order valence-corrected chi connectivity index (χ0v) is 15.6. The molecule has 2 rings (SSSR count). The molecule has 5 N–H and O–H groups in total. The van der Waals surface area contributed by atoms with Gasteiger partial charge in [-0.15, -0.1) is 11.3 Å². The van der Waals surface area contributed by atoms with Gasteiger partial charge >= 0.3 is 11.9 Å². The molecule has 13 nitrogen and oxygen atoms in total. The van der Waals surface area contributed by atoms with Gasteiger partial charge in [0.05, 0.1) is 5.54 Å². The monoisotopic (exact) mass is 415 g/mol. The summed E-state index contributed by atoms with van der Waals surface area (Å²) in [5.74, 6) is -4.09. The summed E-state index contributed by atoms with van der Waals surface area (Å²) >= 11 is 1.02. The van der Waals surface area contributed by atoms with E-state index in [2.05, 4.69) is 20.3 Å². The molecule has 0 spiro atoms. The molecule has 0 saturated carbocycles. The number of oxime groups is 1. The summed E-state index contributed by atoms with van der Waals surface area (Å²) in [5.41, 5.74) is 4.15. The standard InChI is InChI=1S/C14H17N5O8S/c1-14(2)10(12(25)19(14)27-4-8(22)23)17-11(24)9(18-26-3-7(20)21)6-5-28-13(15)16-6/h5,10H,3-4H2,1-2H3,(H2,15,16)(H,17,24)(H,20,21)(H,22,23)/b18-9-. The van der Waals surface area contributed by atoms with Gasteiger partial charge in [0.25, 0.3) is 11.8 Å². The topological polar surface area (TPSA) is 194 Å². The maximum Gasteiger partial charge on any atom is 0.344 e. The third kappa shape index (κ3) is 4.52. The molecule has 0 radical (unpaired) electrons. The number of carbonyl (C=O) groups is 4. The van der Waals surface area contributed by atoms with Crippen LogP contribution in [0.3, 0.4) is 0 Å². The lowest BCUT2D eigenvalue weighted by Crippen LogP contribution is -2.76. The summed E-state index contributed by atoms with van der Waals surface area (Å²) in [6.07, 6.45) is 0. The highest BCUT2D eigenvalue weighted by atomic mass is 32.1. The minimum atomic E-state index is -1.30. The van der Waals surface area contributed by atoms with E-state index in [-0.39, 0.29) is 16.5 Å². The zero-order valence-electron chi connectivity index (χ0n) is 14.7. The largest absolute Gasteiger partial charge is 0.479 e. The third-order valence-electron chi connectivity index (χ3n) is 3.59. The van der Waals surface area contributed by atoms with E-state index in [1.165, 1.54) is 5.38 Å². The summed E-state index contributed by atoms with van der Waals surface area (Å²) in [6, 6.07) is -1.05. The van der Waals surface area contributed by atoms with Gasteiger partial charge in [-0.1, -0.05) is 5.16 Å². The number of rotatable bonds is 9. The number of β-lactam (4-membered cyclic amide) rings is 1. The molecule has 0 aliphatic carbocycles. The predicted octanol–water partition coefficient (Wildman–Crippen LogP) is -1.35. The molecule has 1 unspecified atom stereocenters. The fourth-order valence-corrected chi connectivity index (χ4v) is 2.84. The molecular weight excluding hydrogens is 398 g/mol. The van der Waals surface area contributed by atoms with Crippen LogP contribution in [0.4, 0.5) is 5.13 Å². The second kappa shape index (κ2) is 8.18. The van der Waals surface area contributed by atoms with E-state index >= 15 is 0 Å². The van der Waals surface area contributed by atoms with Gasteiger partial charge in [0, 0.05) is 5.38 Å². The Labute approximate surface area is 161 Å². The van der Waals surface area contributed by atoms with Gasteiger partial charge in [-0.25, -0.2) is 19.6 Å². The molecule has 1 saturated heterocycles. The number of nitrogens with one attached hydrogen (secondary N) is 1. The van der Waals surface area contributed by atoms with Crippen LogP contribution in [0, 0.1) is 0 Å². The first-order valence-corrected chi connectivity index (χ1v) is 8.54. The van der Waals surface area contributed by atoms with Crippen molar-refractivity contribution >= 4 is 45.9 Å². The second-order valence-electron chi connectivity index (χ2n) is 6.04. The van der Waals surface area contributed by atoms with Gasteiger partial charge in [-0.3, -0.25) is 14.4 Å². The number of nitrogen functional groups attached to an aromatic ring is 1. The van der Waals surface area contributed by atoms with Crippen LogP contribution < -0.4 is 11.1 Å². The smallest absolute Gasteiger partial charge is 0.344 e. The van der Waals surface area contributed by atoms with Crippen LogP contribution in [-0.2, 0) is 28.9 Å². The quantitative estimate of drug-likeness (QED) is 0.213. The van der Waals surface area contributed by atoms with E-state index in [9.17, 15) is 19.2 Å². The summed E-state index contributed by atoms with van der Waals surface area (Å²) in [7, 11) is 0. The first kappa shape index (κ1) is 21.0. The van der Waals surface area contributed by atoms with Crippen molar-refractivity contribution in [2.24, 2.45) is 5.16 Å². The Morgan fingerprint density at radius 1 is 1.36 bits per heavy atom. The van der Waals surface area contributed by atoms with Crippen molar-refractivity contribution in [3.63, 3.8) is 0 Å². The predicted molar refractivity (Wildman–Crippen MR) is 93.1 cm³/mol. The number of nitrogens with two attached hydrogens (primary N) is 1. The van der Waals surface area contributed by atoms with Crippen LogP contribution in [0.15, 0.2) is 10.5 Å². The second-order valence-corrected chi connectivity index (χ2v) is 6.93. The molecule has 14 heteroatoms. The number of hydroxylamine groups is 2. The van der Waals surface area contributed by atoms with Gasteiger partial charge in [0.2, 0.25) is 6.61 Å².